The molecule has 1 aliphatic heterocycles. The van der Waals surface area contributed by atoms with Gasteiger partial charge in [-0.05, 0) is 36.6 Å². The zero-order chi connectivity index (χ0) is 22.3. The summed E-state index contributed by atoms with van der Waals surface area (Å²) in [6.07, 6.45) is 0.231. The minimum absolute atomic E-state index is 0.0822. The molecular weight excluding hydrogens is 395 g/mol. The van der Waals surface area contributed by atoms with Gasteiger partial charge < -0.3 is 15.0 Å². The van der Waals surface area contributed by atoms with Crippen LogP contribution in [0, 0.1) is 18.7 Å². The molecule has 3 aromatic rings. The number of carbonyl (C=O) groups excluding carboxylic acids is 2. The first-order valence-corrected chi connectivity index (χ1v) is 10.4. The van der Waals surface area contributed by atoms with Gasteiger partial charge in [0, 0.05) is 35.1 Å². The Morgan fingerprint density at radius 1 is 1.16 bits per heavy atom. The fourth-order valence-corrected chi connectivity index (χ4v) is 4.32. The van der Waals surface area contributed by atoms with Crippen molar-refractivity contribution in [3.05, 3.63) is 82.5 Å². The number of Topliss-reactive ketones (excluding diaryl/α,β-unsaturated/α-hetero) is 1. The Labute approximate surface area is 180 Å². The number of nitrogens with one attached hydrogen (secondary N) is 1. The molecule has 1 aromatic heterocycles. The molecule has 0 saturated heterocycles. The van der Waals surface area contributed by atoms with E-state index in [9.17, 15) is 19.1 Å². The highest BCUT2D eigenvalue weighted by molar-refractivity contribution is 6.09. The number of ketones is 1. The number of para-hydroxylation sites is 1. The monoisotopic (exact) mass is 420 g/mol. The number of nitrogens with zero attached hydrogens (tertiary/aromatic N) is 1. The van der Waals surface area contributed by atoms with E-state index < -0.39 is 17.7 Å². The maximum absolute atomic E-state index is 13.4. The van der Waals surface area contributed by atoms with Gasteiger partial charge in [0.25, 0.3) is 5.91 Å². The molecule has 6 heteroatoms. The van der Waals surface area contributed by atoms with Gasteiger partial charge in [-0.1, -0.05) is 44.2 Å². The largest absolute Gasteiger partial charge is 0.503 e. The van der Waals surface area contributed by atoms with Crippen molar-refractivity contribution in [2.45, 2.75) is 39.8 Å². The van der Waals surface area contributed by atoms with Crippen LogP contribution in [0.15, 0.2) is 59.9 Å². The normalized spacial score (nSPS) is 16.7. The number of aromatic amines is 1. The summed E-state index contributed by atoms with van der Waals surface area (Å²) in [4.78, 5) is 31.1. The number of hydrogen-bond donors (Lipinski definition) is 2. The second kappa shape index (κ2) is 8.02. The topological polar surface area (TPSA) is 73.4 Å². The standard InChI is InChI=1S/C25H25FN2O3/c1-14(2)12-20(29)22-23(21-15(3)27-19-7-5-4-6-18(19)21)28(25(31)24(22)30)13-16-8-10-17(26)11-9-16/h4-11,14,23,27,30H,12-13H2,1-3H3. The summed E-state index contributed by atoms with van der Waals surface area (Å²) in [5, 5.41) is 11.7. The number of fused-ring (bicyclic) bond motifs is 1. The number of hydrogen-bond acceptors (Lipinski definition) is 3. The maximum atomic E-state index is 13.4. The van der Waals surface area contributed by atoms with E-state index in [2.05, 4.69) is 4.98 Å². The Hall–Kier alpha value is -3.41. The zero-order valence-corrected chi connectivity index (χ0v) is 17.8. The van der Waals surface area contributed by atoms with Gasteiger partial charge in [-0.3, -0.25) is 9.59 Å². The molecule has 2 N–H and O–H groups in total. The Morgan fingerprint density at radius 3 is 2.52 bits per heavy atom. The quantitative estimate of drug-likeness (QED) is 0.581. The fourth-order valence-electron chi connectivity index (χ4n) is 4.32. The van der Waals surface area contributed by atoms with Crippen LogP contribution in [0.4, 0.5) is 4.39 Å². The molecule has 1 unspecified atom stereocenters. The molecule has 1 aliphatic rings. The number of benzene rings is 2. The van der Waals surface area contributed by atoms with Crippen LogP contribution < -0.4 is 0 Å². The molecule has 2 heterocycles. The molecule has 4 rings (SSSR count). The van der Waals surface area contributed by atoms with Crippen molar-refractivity contribution in [2.75, 3.05) is 0 Å². The first-order chi connectivity index (χ1) is 14.8. The number of aromatic nitrogens is 1. The summed E-state index contributed by atoms with van der Waals surface area (Å²) >= 11 is 0. The smallest absolute Gasteiger partial charge is 0.290 e. The maximum Gasteiger partial charge on any atom is 0.290 e. The van der Waals surface area contributed by atoms with Crippen molar-refractivity contribution in [1.82, 2.24) is 9.88 Å². The number of aliphatic hydroxyl groups is 1. The number of H-pyrrole nitrogens is 1. The van der Waals surface area contributed by atoms with E-state index in [1.54, 1.807) is 12.1 Å². The van der Waals surface area contributed by atoms with E-state index in [1.807, 2.05) is 45.0 Å². The summed E-state index contributed by atoms with van der Waals surface area (Å²) in [7, 11) is 0. The van der Waals surface area contributed by atoms with E-state index >= 15 is 0 Å². The van der Waals surface area contributed by atoms with Gasteiger partial charge >= 0.3 is 0 Å². The number of aryl methyl sites for hydroxylation is 1. The van der Waals surface area contributed by atoms with Crippen molar-refractivity contribution >= 4 is 22.6 Å². The van der Waals surface area contributed by atoms with Crippen LogP contribution >= 0.6 is 0 Å². The summed E-state index contributed by atoms with van der Waals surface area (Å²) in [5.41, 5.74) is 3.36. The average molecular weight is 420 g/mol. The van der Waals surface area contributed by atoms with Gasteiger partial charge in [0.2, 0.25) is 0 Å². The molecule has 2 aromatic carbocycles. The Bertz CT molecular complexity index is 1190. The molecule has 1 atom stereocenters. The van der Waals surface area contributed by atoms with Crippen molar-refractivity contribution in [3.8, 4) is 0 Å². The van der Waals surface area contributed by atoms with Crippen LogP contribution in [0.1, 0.15) is 43.1 Å². The predicted octanol–water partition coefficient (Wildman–Crippen LogP) is 5.13. The Kier molecular flexibility index (Phi) is 5.39. The second-order valence-corrected chi connectivity index (χ2v) is 8.45. The lowest BCUT2D eigenvalue weighted by Gasteiger charge is -2.27. The second-order valence-electron chi connectivity index (χ2n) is 8.45. The number of aliphatic hydroxyl groups excluding tert-OH is 1. The van der Waals surface area contributed by atoms with Gasteiger partial charge in [0.15, 0.2) is 11.5 Å². The van der Waals surface area contributed by atoms with Crippen LogP contribution in [0.5, 0.6) is 0 Å². The molecule has 0 saturated carbocycles. The minimum Gasteiger partial charge on any atom is -0.503 e. The molecule has 0 bridgehead atoms. The number of halogens is 1. The van der Waals surface area contributed by atoms with Gasteiger partial charge in [0.05, 0.1) is 11.6 Å². The van der Waals surface area contributed by atoms with E-state index in [0.717, 1.165) is 22.2 Å². The first kappa shape index (κ1) is 20.8. The predicted molar refractivity (Wildman–Crippen MR) is 117 cm³/mol. The first-order valence-electron chi connectivity index (χ1n) is 10.4. The molecular formula is C25H25FN2O3. The molecule has 31 heavy (non-hydrogen) atoms. The molecule has 0 fully saturated rings. The lowest BCUT2D eigenvalue weighted by atomic mass is 9.90. The number of rotatable bonds is 6. The lowest BCUT2D eigenvalue weighted by Crippen LogP contribution is -2.31. The summed E-state index contributed by atoms with van der Waals surface area (Å²) in [5.74, 6) is -1.61. The third-order valence-electron chi connectivity index (χ3n) is 5.68. The van der Waals surface area contributed by atoms with Crippen LogP contribution in [0.2, 0.25) is 0 Å². The molecule has 0 spiro atoms. The summed E-state index contributed by atoms with van der Waals surface area (Å²) in [6, 6.07) is 12.8. The van der Waals surface area contributed by atoms with Crippen LogP contribution in [0.25, 0.3) is 10.9 Å². The van der Waals surface area contributed by atoms with Crippen LogP contribution in [-0.2, 0) is 16.1 Å². The highest BCUT2D eigenvalue weighted by Crippen LogP contribution is 2.43. The fraction of sp³-hybridized carbons (Fsp3) is 0.280. The van der Waals surface area contributed by atoms with E-state index in [0.29, 0.717) is 5.56 Å². The third kappa shape index (κ3) is 3.74. The molecule has 0 aliphatic carbocycles. The van der Waals surface area contributed by atoms with Gasteiger partial charge in [-0.25, -0.2) is 4.39 Å². The Balaban J connectivity index is 1.86. The minimum atomic E-state index is -0.722. The highest BCUT2D eigenvalue weighted by Gasteiger charge is 2.44. The number of amides is 1. The third-order valence-corrected chi connectivity index (χ3v) is 5.68. The molecule has 1 amide bonds. The molecule has 5 nitrogen and oxygen atoms in total. The summed E-state index contributed by atoms with van der Waals surface area (Å²) < 4.78 is 13.4. The SMILES string of the molecule is Cc1[nH]c2ccccc2c1C1C(C(=O)CC(C)C)=C(O)C(=O)N1Cc1ccc(F)cc1. The average Bonchev–Trinajstić information content (AvgIpc) is 3.17. The van der Waals surface area contributed by atoms with Gasteiger partial charge in [-0.2, -0.15) is 0 Å². The van der Waals surface area contributed by atoms with Crippen molar-refractivity contribution in [1.29, 1.82) is 0 Å². The zero-order valence-electron chi connectivity index (χ0n) is 17.8. The molecule has 160 valence electrons. The highest BCUT2D eigenvalue weighted by atomic mass is 19.1. The van der Waals surface area contributed by atoms with E-state index in [4.69, 9.17) is 0 Å². The van der Waals surface area contributed by atoms with E-state index in [-0.39, 0.29) is 36.1 Å². The summed E-state index contributed by atoms with van der Waals surface area (Å²) in [6.45, 7) is 5.89. The lowest BCUT2D eigenvalue weighted by molar-refractivity contribution is -0.130. The molecule has 0 radical (unpaired) electrons. The van der Waals surface area contributed by atoms with Crippen molar-refractivity contribution in [2.24, 2.45) is 5.92 Å². The number of carbonyl (C=O) groups is 2. The Morgan fingerprint density at radius 2 is 1.84 bits per heavy atom. The van der Waals surface area contributed by atoms with Gasteiger partial charge in [-0.15, -0.1) is 0 Å². The van der Waals surface area contributed by atoms with E-state index in [1.165, 1.54) is 17.0 Å². The van der Waals surface area contributed by atoms with Crippen molar-refractivity contribution < 1.29 is 19.1 Å². The van der Waals surface area contributed by atoms with Crippen molar-refractivity contribution in [3.63, 3.8) is 0 Å². The van der Waals surface area contributed by atoms with Crippen LogP contribution in [0.3, 0.4) is 0 Å². The van der Waals surface area contributed by atoms with Gasteiger partial charge in [0.1, 0.15) is 5.82 Å². The van der Waals surface area contributed by atoms with Crippen LogP contribution in [-0.4, -0.2) is 26.7 Å².